The largest absolute Gasteiger partial charge is 0.309 e. The Labute approximate surface area is 287 Å². The zero-order valence-electron chi connectivity index (χ0n) is 31.5. The molecule has 0 aliphatic rings. The summed E-state index contributed by atoms with van der Waals surface area (Å²) in [6.45, 7) is 9.83. The molecule has 0 aromatic carbocycles. The predicted molar refractivity (Wildman–Crippen MR) is 206 cm³/mol. The van der Waals surface area contributed by atoms with E-state index in [0.717, 1.165) is 0 Å². The first-order valence-electron chi connectivity index (χ1n) is 20.6. The number of hydrogen-bond acceptors (Lipinski definition) is 2. The molecule has 0 bridgehead atoms. The molecule has 0 radical (unpaired) electrons. The van der Waals surface area contributed by atoms with Gasteiger partial charge >= 0.3 is 0 Å². The Hall–Kier alpha value is 0.210. The zero-order chi connectivity index (χ0) is 31.3. The highest BCUT2D eigenvalue weighted by atomic mass is 35.5. The Morgan fingerprint density at radius 2 is 0.455 bits per heavy atom. The van der Waals surface area contributed by atoms with Crippen LogP contribution >= 0.6 is 12.4 Å². The quantitative estimate of drug-likeness (QED) is 0.0618. The van der Waals surface area contributed by atoms with Crippen molar-refractivity contribution >= 4 is 12.4 Å². The fourth-order valence-electron chi connectivity index (χ4n) is 6.71. The highest BCUT2D eigenvalue weighted by Gasteiger charge is 2.05. The van der Waals surface area contributed by atoms with Crippen molar-refractivity contribution in [1.29, 1.82) is 0 Å². The summed E-state index contributed by atoms with van der Waals surface area (Å²) in [5.41, 5.74) is 0. The van der Waals surface area contributed by atoms with E-state index in [4.69, 9.17) is 0 Å². The van der Waals surface area contributed by atoms with Crippen LogP contribution < -0.4 is 0 Å². The maximum atomic E-state index is 2.80. The highest BCUT2D eigenvalue weighted by molar-refractivity contribution is 5.85. The number of nitrogens with zero attached hydrogens (tertiary/aromatic N) is 2. The molecular weight excluding hydrogens is 556 g/mol. The monoisotopic (exact) mass is 643 g/mol. The summed E-state index contributed by atoms with van der Waals surface area (Å²) in [5.74, 6) is 0. The van der Waals surface area contributed by atoms with Crippen molar-refractivity contribution in [3.8, 4) is 0 Å². The molecule has 268 valence electrons. The van der Waals surface area contributed by atoms with Crippen LogP contribution in [0, 0.1) is 0 Å². The molecule has 0 spiro atoms. The van der Waals surface area contributed by atoms with Gasteiger partial charge in [-0.1, -0.05) is 206 Å². The Kier molecular flexibility index (Phi) is 43.4. The number of hydrogen-bond donors (Lipinski definition) is 0. The molecule has 44 heavy (non-hydrogen) atoms. The zero-order valence-corrected chi connectivity index (χ0v) is 32.3. The molecular formula is C41H87ClN2. The topological polar surface area (TPSA) is 6.48 Å². The third-order valence-electron chi connectivity index (χ3n) is 9.74. The van der Waals surface area contributed by atoms with E-state index in [1.165, 1.54) is 238 Å². The van der Waals surface area contributed by atoms with E-state index in [1.807, 2.05) is 0 Å². The number of unbranched alkanes of at least 4 members (excludes halogenated alkanes) is 30. The van der Waals surface area contributed by atoms with Gasteiger partial charge in [0.15, 0.2) is 0 Å². The third kappa shape index (κ3) is 40.2. The van der Waals surface area contributed by atoms with E-state index in [1.54, 1.807) is 0 Å². The molecule has 0 aromatic heterocycles. The molecule has 0 saturated heterocycles. The molecule has 0 saturated carbocycles. The summed E-state index contributed by atoms with van der Waals surface area (Å²) in [5, 5.41) is 0. The van der Waals surface area contributed by atoms with Gasteiger partial charge in [0, 0.05) is 0 Å². The second kappa shape index (κ2) is 41.2. The van der Waals surface area contributed by atoms with Gasteiger partial charge in [0.05, 0.1) is 0 Å². The molecule has 0 N–H and O–H groups in total. The Morgan fingerprint density at radius 1 is 0.250 bits per heavy atom. The van der Waals surface area contributed by atoms with Crippen molar-refractivity contribution in [2.75, 3.05) is 40.3 Å². The lowest BCUT2D eigenvalue weighted by Gasteiger charge is -2.23. The summed E-state index contributed by atoms with van der Waals surface area (Å²) in [4.78, 5) is 5.15. The van der Waals surface area contributed by atoms with E-state index in [0.29, 0.717) is 0 Å². The fraction of sp³-hybridized carbons (Fsp3) is 1.00. The van der Waals surface area contributed by atoms with Crippen molar-refractivity contribution < 1.29 is 0 Å². The van der Waals surface area contributed by atoms with E-state index in [-0.39, 0.29) is 12.4 Å². The van der Waals surface area contributed by atoms with Gasteiger partial charge in [-0.2, -0.15) is 0 Å². The molecule has 0 aliphatic heterocycles. The van der Waals surface area contributed by atoms with E-state index < -0.39 is 0 Å². The predicted octanol–water partition coefficient (Wildman–Crippen LogP) is 14.2. The van der Waals surface area contributed by atoms with Gasteiger partial charge in [-0.15, -0.1) is 12.4 Å². The third-order valence-corrected chi connectivity index (χ3v) is 9.74. The fourth-order valence-corrected chi connectivity index (χ4v) is 6.71. The minimum Gasteiger partial charge on any atom is -0.309 e. The molecule has 3 heteroatoms. The highest BCUT2D eigenvalue weighted by Crippen LogP contribution is 2.16. The first-order valence-corrected chi connectivity index (χ1v) is 20.6. The smallest absolute Gasteiger partial charge is 0.000655 e. The molecule has 0 amide bonds. The molecule has 0 heterocycles. The Balaban J connectivity index is 0. The average Bonchev–Trinajstić information content (AvgIpc) is 3.00. The molecule has 0 unspecified atom stereocenters. The van der Waals surface area contributed by atoms with Crippen LogP contribution in [0.15, 0.2) is 0 Å². The molecule has 0 atom stereocenters. The first-order chi connectivity index (χ1) is 21.2. The average molecular weight is 644 g/mol. The lowest BCUT2D eigenvalue weighted by Crippen LogP contribution is -2.29. The van der Waals surface area contributed by atoms with Crippen LogP contribution in [-0.4, -0.2) is 50.1 Å². The summed E-state index contributed by atoms with van der Waals surface area (Å²) in [6, 6.07) is 0. The minimum absolute atomic E-state index is 0. The Bertz CT molecular complexity index is 447. The molecule has 0 aliphatic carbocycles. The van der Waals surface area contributed by atoms with Crippen LogP contribution in [0.25, 0.3) is 0 Å². The normalized spacial score (nSPS) is 11.6. The van der Waals surface area contributed by atoms with Crippen LogP contribution in [0.2, 0.25) is 0 Å². The van der Waals surface area contributed by atoms with Crippen LogP contribution in [0.5, 0.6) is 0 Å². The van der Waals surface area contributed by atoms with E-state index in [9.17, 15) is 0 Å². The lowest BCUT2D eigenvalue weighted by atomic mass is 10.0. The van der Waals surface area contributed by atoms with Crippen molar-refractivity contribution in [3.05, 3.63) is 0 Å². The van der Waals surface area contributed by atoms with E-state index in [2.05, 4.69) is 37.7 Å². The minimum atomic E-state index is 0. The summed E-state index contributed by atoms with van der Waals surface area (Å²) >= 11 is 0. The van der Waals surface area contributed by atoms with Gasteiger partial charge in [0.2, 0.25) is 0 Å². The summed E-state index contributed by atoms with van der Waals surface area (Å²) in [7, 11) is 4.44. The van der Waals surface area contributed by atoms with Gasteiger partial charge < -0.3 is 9.80 Å². The number of halogens is 1. The SMILES string of the molecule is CCCCCCCCCCCCCCCCCCN(CCCCCCCCCCCCCCCCCC)CCCN(C)C.Cl. The van der Waals surface area contributed by atoms with Gasteiger partial charge in [0.1, 0.15) is 0 Å². The van der Waals surface area contributed by atoms with Gasteiger partial charge in [-0.25, -0.2) is 0 Å². The van der Waals surface area contributed by atoms with Crippen molar-refractivity contribution in [3.63, 3.8) is 0 Å². The maximum absolute atomic E-state index is 2.80. The van der Waals surface area contributed by atoms with Crippen molar-refractivity contribution in [2.45, 2.75) is 226 Å². The summed E-state index contributed by atoms with van der Waals surface area (Å²) in [6.07, 6.45) is 48.1. The summed E-state index contributed by atoms with van der Waals surface area (Å²) < 4.78 is 0. The van der Waals surface area contributed by atoms with Gasteiger partial charge in [-0.05, 0) is 59.5 Å². The van der Waals surface area contributed by atoms with Crippen LogP contribution in [0.3, 0.4) is 0 Å². The van der Waals surface area contributed by atoms with Crippen LogP contribution in [0.4, 0.5) is 0 Å². The standard InChI is InChI=1S/C41H86N2.ClH/c1-5-7-9-11-13-15-17-19-21-23-25-27-29-31-33-35-39-43(41-37-38-42(3)4)40-36-34-32-30-28-26-24-22-20-18-16-14-12-10-8-6-2;/h5-41H2,1-4H3;1H. The molecule has 2 nitrogen and oxygen atoms in total. The second-order valence-electron chi connectivity index (χ2n) is 14.6. The Morgan fingerprint density at radius 3 is 0.682 bits per heavy atom. The molecule has 0 fully saturated rings. The van der Waals surface area contributed by atoms with Crippen molar-refractivity contribution in [1.82, 2.24) is 9.80 Å². The maximum Gasteiger partial charge on any atom is -0.000655 e. The number of rotatable bonds is 38. The van der Waals surface area contributed by atoms with Gasteiger partial charge in [-0.3, -0.25) is 0 Å². The van der Waals surface area contributed by atoms with Crippen LogP contribution in [-0.2, 0) is 0 Å². The molecule has 0 aromatic rings. The first kappa shape index (κ1) is 46.3. The van der Waals surface area contributed by atoms with Gasteiger partial charge in [0.25, 0.3) is 0 Å². The lowest BCUT2D eigenvalue weighted by molar-refractivity contribution is 0.244. The molecule has 0 rings (SSSR count). The second-order valence-corrected chi connectivity index (χ2v) is 14.6. The van der Waals surface area contributed by atoms with Crippen LogP contribution in [0.1, 0.15) is 226 Å². The van der Waals surface area contributed by atoms with Crippen molar-refractivity contribution in [2.24, 2.45) is 0 Å². The van der Waals surface area contributed by atoms with E-state index >= 15 is 0 Å².